The molecule has 4 aromatic heterocycles. The highest BCUT2D eigenvalue weighted by Crippen LogP contribution is 2.28. The van der Waals surface area contributed by atoms with Crippen molar-refractivity contribution in [1.82, 2.24) is 29.7 Å². The van der Waals surface area contributed by atoms with Crippen LogP contribution in [0, 0.1) is 11.6 Å². The van der Waals surface area contributed by atoms with Gasteiger partial charge in [0.2, 0.25) is 11.7 Å². The molecule has 0 atom stereocenters. The van der Waals surface area contributed by atoms with Crippen LogP contribution in [0.1, 0.15) is 26.3 Å². The summed E-state index contributed by atoms with van der Waals surface area (Å²) < 4.78 is 30.6. The monoisotopic (exact) mass is 445 g/mol. The molecule has 33 heavy (non-hydrogen) atoms. The standard InChI is InChI=1S/C22H13F2N7O2/c23-16-3-2-13(20(25)33)18(24)17(16)19(32)15-9-29-21-14(15)6-11(7-28-21)12-8-30-31(10-12)22-26-4-1-5-27-22/h1-10H,(H2,25,33)(H,28,29). The minimum Gasteiger partial charge on any atom is -0.366 e. The van der Waals surface area contributed by atoms with E-state index in [9.17, 15) is 18.4 Å². The molecule has 1 aromatic carbocycles. The molecule has 0 aliphatic rings. The molecule has 1 amide bonds. The minimum absolute atomic E-state index is 0.0162. The average molecular weight is 445 g/mol. The normalized spacial score (nSPS) is 11.1. The fourth-order valence-corrected chi connectivity index (χ4v) is 3.43. The van der Waals surface area contributed by atoms with E-state index >= 15 is 0 Å². The number of H-pyrrole nitrogens is 1. The van der Waals surface area contributed by atoms with Crippen molar-refractivity contribution in [3.63, 3.8) is 0 Å². The Balaban J connectivity index is 1.58. The smallest absolute Gasteiger partial charge is 0.251 e. The third-order valence-corrected chi connectivity index (χ3v) is 5.03. The van der Waals surface area contributed by atoms with Crippen LogP contribution in [0.2, 0.25) is 0 Å². The van der Waals surface area contributed by atoms with Crippen molar-refractivity contribution in [1.29, 1.82) is 0 Å². The number of amides is 1. The van der Waals surface area contributed by atoms with Gasteiger partial charge in [-0.3, -0.25) is 9.59 Å². The molecule has 5 aromatic rings. The predicted octanol–water partition coefficient (Wildman–Crippen LogP) is 2.81. The number of nitrogens with one attached hydrogen (secondary N) is 1. The average Bonchev–Trinajstić information content (AvgIpc) is 3.46. The van der Waals surface area contributed by atoms with E-state index in [1.54, 1.807) is 43.1 Å². The van der Waals surface area contributed by atoms with Crippen molar-refractivity contribution < 1.29 is 18.4 Å². The van der Waals surface area contributed by atoms with Gasteiger partial charge in [0.05, 0.1) is 17.3 Å². The Morgan fingerprint density at radius 2 is 1.79 bits per heavy atom. The summed E-state index contributed by atoms with van der Waals surface area (Å²) in [5.74, 6) is -4.11. The van der Waals surface area contributed by atoms with Gasteiger partial charge >= 0.3 is 0 Å². The van der Waals surface area contributed by atoms with Gasteiger partial charge < -0.3 is 10.7 Å². The molecule has 0 spiro atoms. The number of ketones is 1. The number of rotatable bonds is 5. The van der Waals surface area contributed by atoms with E-state index in [0.717, 1.165) is 12.1 Å². The maximum absolute atomic E-state index is 14.7. The number of hydrogen-bond donors (Lipinski definition) is 2. The fourth-order valence-electron chi connectivity index (χ4n) is 3.43. The van der Waals surface area contributed by atoms with Gasteiger partial charge in [-0.05, 0) is 24.3 Å². The van der Waals surface area contributed by atoms with Crippen LogP contribution in [-0.2, 0) is 0 Å². The molecule has 4 heterocycles. The maximum Gasteiger partial charge on any atom is 0.251 e. The number of carbonyl (C=O) groups is 2. The number of aromatic amines is 1. The highest BCUT2D eigenvalue weighted by atomic mass is 19.1. The molecule has 0 saturated carbocycles. The van der Waals surface area contributed by atoms with Crippen LogP contribution in [0.25, 0.3) is 28.1 Å². The number of hydrogen-bond acceptors (Lipinski definition) is 6. The molecule has 9 nitrogen and oxygen atoms in total. The zero-order valence-corrected chi connectivity index (χ0v) is 16.7. The number of nitrogens with zero attached hydrogens (tertiary/aromatic N) is 5. The molecule has 11 heteroatoms. The highest BCUT2D eigenvalue weighted by molar-refractivity contribution is 6.17. The molecule has 162 valence electrons. The number of aromatic nitrogens is 6. The maximum atomic E-state index is 14.7. The van der Waals surface area contributed by atoms with Crippen LogP contribution in [0.4, 0.5) is 8.78 Å². The summed E-state index contributed by atoms with van der Waals surface area (Å²) in [6.45, 7) is 0. The Kier molecular flexibility index (Phi) is 4.70. The van der Waals surface area contributed by atoms with Gasteiger partial charge in [-0.2, -0.15) is 5.10 Å². The van der Waals surface area contributed by atoms with Crippen molar-refractivity contribution in [3.05, 3.63) is 89.8 Å². The van der Waals surface area contributed by atoms with Crippen molar-refractivity contribution in [2.45, 2.75) is 0 Å². The third kappa shape index (κ3) is 3.41. The summed E-state index contributed by atoms with van der Waals surface area (Å²) in [5, 5.41) is 4.57. The van der Waals surface area contributed by atoms with E-state index in [-0.39, 0.29) is 5.56 Å². The van der Waals surface area contributed by atoms with Crippen molar-refractivity contribution in [3.8, 4) is 17.1 Å². The minimum atomic E-state index is -1.31. The number of pyridine rings is 1. The molecule has 0 bridgehead atoms. The van der Waals surface area contributed by atoms with Crippen molar-refractivity contribution >= 4 is 22.7 Å². The summed E-state index contributed by atoms with van der Waals surface area (Å²) in [6.07, 6.45) is 9.29. The summed E-state index contributed by atoms with van der Waals surface area (Å²) in [5.41, 5.74) is 5.27. The molecule has 0 radical (unpaired) electrons. The van der Waals surface area contributed by atoms with Gasteiger partial charge in [0.15, 0.2) is 0 Å². The second-order valence-electron chi connectivity index (χ2n) is 7.02. The van der Waals surface area contributed by atoms with Gasteiger partial charge in [0, 0.05) is 53.1 Å². The molecular formula is C22H13F2N7O2. The summed E-state index contributed by atoms with van der Waals surface area (Å²) >= 11 is 0. The number of nitrogens with two attached hydrogens (primary N) is 1. The first-order chi connectivity index (χ1) is 15.9. The number of benzene rings is 1. The first kappa shape index (κ1) is 20.1. The molecule has 0 unspecified atom stereocenters. The number of primary amides is 1. The lowest BCUT2D eigenvalue weighted by Crippen LogP contribution is -2.17. The molecule has 0 fully saturated rings. The van der Waals surface area contributed by atoms with E-state index in [4.69, 9.17) is 5.73 Å². The Bertz CT molecular complexity index is 1540. The summed E-state index contributed by atoms with van der Waals surface area (Å²) in [7, 11) is 0. The Morgan fingerprint density at radius 1 is 1.00 bits per heavy atom. The van der Waals surface area contributed by atoms with Gasteiger partial charge in [-0.15, -0.1) is 0 Å². The summed E-state index contributed by atoms with van der Waals surface area (Å²) in [4.78, 5) is 39.8. The van der Waals surface area contributed by atoms with E-state index in [1.807, 2.05) is 0 Å². The van der Waals surface area contributed by atoms with Crippen LogP contribution in [0.3, 0.4) is 0 Å². The lowest BCUT2D eigenvalue weighted by molar-refractivity contribution is 0.0996. The second-order valence-corrected chi connectivity index (χ2v) is 7.02. The molecule has 0 aliphatic carbocycles. The van der Waals surface area contributed by atoms with E-state index in [0.29, 0.717) is 28.1 Å². The van der Waals surface area contributed by atoms with E-state index < -0.39 is 34.5 Å². The van der Waals surface area contributed by atoms with Crippen LogP contribution in [0.5, 0.6) is 0 Å². The number of carbonyl (C=O) groups excluding carboxylic acids is 2. The third-order valence-electron chi connectivity index (χ3n) is 5.03. The van der Waals surface area contributed by atoms with Crippen LogP contribution in [-0.4, -0.2) is 41.4 Å². The van der Waals surface area contributed by atoms with Gasteiger partial charge in [0.25, 0.3) is 5.91 Å². The topological polar surface area (TPSA) is 132 Å². The molecule has 0 saturated heterocycles. The van der Waals surface area contributed by atoms with Crippen molar-refractivity contribution in [2.75, 3.05) is 0 Å². The van der Waals surface area contributed by atoms with Gasteiger partial charge in [-0.1, -0.05) is 0 Å². The van der Waals surface area contributed by atoms with Crippen LogP contribution >= 0.6 is 0 Å². The molecule has 0 aliphatic heterocycles. The first-order valence-corrected chi connectivity index (χ1v) is 9.56. The van der Waals surface area contributed by atoms with Gasteiger partial charge in [0.1, 0.15) is 17.3 Å². The first-order valence-electron chi connectivity index (χ1n) is 9.56. The number of halogens is 2. The highest BCUT2D eigenvalue weighted by Gasteiger charge is 2.26. The van der Waals surface area contributed by atoms with Crippen LogP contribution < -0.4 is 5.73 Å². The SMILES string of the molecule is NC(=O)c1ccc(F)c(C(=O)c2c[nH]c3ncc(-c4cnn(-c5ncccn5)c4)cc23)c1F. The molecule has 5 rings (SSSR count). The largest absolute Gasteiger partial charge is 0.366 e. The fraction of sp³-hybridized carbons (Fsp3) is 0. The van der Waals surface area contributed by atoms with E-state index in [1.165, 1.54) is 10.9 Å². The lowest BCUT2D eigenvalue weighted by Gasteiger charge is -2.07. The zero-order valence-electron chi connectivity index (χ0n) is 16.7. The van der Waals surface area contributed by atoms with Gasteiger partial charge in [-0.25, -0.2) is 28.4 Å². The zero-order chi connectivity index (χ0) is 23.1. The summed E-state index contributed by atoms with van der Waals surface area (Å²) in [6, 6.07) is 5.05. The van der Waals surface area contributed by atoms with Crippen molar-refractivity contribution in [2.24, 2.45) is 5.73 Å². The van der Waals surface area contributed by atoms with E-state index in [2.05, 4.69) is 25.0 Å². The van der Waals surface area contributed by atoms with Crippen LogP contribution in [0.15, 0.2) is 61.4 Å². The number of fused-ring (bicyclic) bond motifs is 1. The Labute approximate surface area is 183 Å². The molecule has 3 N–H and O–H groups in total. The Hall–Kier alpha value is -4.80. The lowest BCUT2D eigenvalue weighted by atomic mass is 9.98. The predicted molar refractivity (Wildman–Crippen MR) is 113 cm³/mol. The quantitative estimate of drug-likeness (QED) is 0.400. The Morgan fingerprint density at radius 3 is 2.55 bits per heavy atom. The second kappa shape index (κ2) is 7.71. The molecular weight excluding hydrogens is 432 g/mol.